The first-order valence-corrected chi connectivity index (χ1v) is 10.8. The SMILES string of the molecule is COCC(=O)Nc1cc(C(=O)NCc2cccc(CN)c2)ccc1N1C(C)COCC1C. The molecule has 0 saturated carbocycles. The summed E-state index contributed by atoms with van der Waals surface area (Å²) in [7, 11) is 1.47. The molecule has 32 heavy (non-hydrogen) atoms. The van der Waals surface area contributed by atoms with Crippen LogP contribution in [-0.4, -0.2) is 50.8 Å². The Bertz CT molecular complexity index is 939. The quantitative estimate of drug-likeness (QED) is 0.582. The highest BCUT2D eigenvalue weighted by Gasteiger charge is 2.28. The van der Waals surface area contributed by atoms with Gasteiger partial charge in [0.15, 0.2) is 0 Å². The normalized spacial score (nSPS) is 18.3. The summed E-state index contributed by atoms with van der Waals surface area (Å²) in [6.07, 6.45) is 0. The van der Waals surface area contributed by atoms with Gasteiger partial charge in [-0.05, 0) is 43.2 Å². The number of hydrogen-bond donors (Lipinski definition) is 3. The fraction of sp³-hybridized carbons (Fsp3) is 0.417. The molecule has 1 aliphatic heterocycles. The minimum Gasteiger partial charge on any atom is -0.377 e. The average Bonchev–Trinajstić information content (AvgIpc) is 2.78. The smallest absolute Gasteiger partial charge is 0.251 e. The van der Waals surface area contributed by atoms with Crippen molar-refractivity contribution >= 4 is 23.2 Å². The number of nitrogens with one attached hydrogen (secondary N) is 2. The highest BCUT2D eigenvalue weighted by Crippen LogP contribution is 2.32. The van der Waals surface area contributed by atoms with Gasteiger partial charge in [0.05, 0.1) is 24.6 Å². The number of morpholine rings is 1. The van der Waals surface area contributed by atoms with Crippen LogP contribution < -0.4 is 21.3 Å². The second-order valence-electron chi connectivity index (χ2n) is 8.06. The lowest BCUT2D eigenvalue weighted by molar-refractivity contribution is -0.119. The van der Waals surface area contributed by atoms with E-state index in [1.165, 1.54) is 7.11 Å². The Morgan fingerprint density at radius 1 is 1.12 bits per heavy atom. The maximum atomic E-state index is 12.8. The van der Waals surface area contributed by atoms with Gasteiger partial charge in [-0.3, -0.25) is 9.59 Å². The van der Waals surface area contributed by atoms with Gasteiger partial charge in [-0.1, -0.05) is 24.3 Å². The van der Waals surface area contributed by atoms with E-state index in [1.54, 1.807) is 12.1 Å². The van der Waals surface area contributed by atoms with Gasteiger partial charge in [-0.15, -0.1) is 0 Å². The van der Waals surface area contributed by atoms with Crippen LogP contribution >= 0.6 is 0 Å². The van der Waals surface area contributed by atoms with Crippen molar-refractivity contribution in [3.63, 3.8) is 0 Å². The minimum atomic E-state index is -0.279. The lowest BCUT2D eigenvalue weighted by atomic mass is 10.1. The highest BCUT2D eigenvalue weighted by molar-refractivity contribution is 6.00. The summed E-state index contributed by atoms with van der Waals surface area (Å²) < 4.78 is 10.6. The molecular weight excluding hydrogens is 408 g/mol. The molecule has 2 atom stereocenters. The predicted octanol–water partition coefficient (Wildman–Crippen LogP) is 2.27. The summed E-state index contributed by atoms with van der Waals surface area (Å²) in [4.78, 5) is 27.3. The third kappa shape index (κ3) is 5.85. The molecule has 2 amide bonds. The van der Waals surface area contributed by atoms with E-state index in [4.69, 9.17) is 15.2 Å². The lowest BCUT2D eigenvalue weighted by Crippen LogP contribution is -2.50. The lowest BCUT2D eigenvalue weighted by Gasteiger charge is -2.41. The molecule has 1 saturated heterocycles. The average molecular weight is 441 g/mol. The summed E-state index contributed by atoms with van der Waals surface area (Å²) >= 11 is 0. The van der Waals surface area contributed by atoms with Gasteiger partial charge in [0.1, 0.15) is 6.61 Å². The van der Waals surface area contributed by atoms with Gasteiger partial charge in [-0.2, -0.15) is 0 Å². The number of nitrogens with zero attached hydrogens (tertiary/aromatic N) is 1. The molecule has 0 spiro atoms. The largest absolute Gasteiger partial charge is 0.377 e. The van der Waals surface area contributed by atoms with E-state index in [9.17, 15) is 9.59 Å². The van der Waals surface area contributed by atoms with Crippen LogP contribution in [0.3, 0.4) is 0 Å². The van der Waals surface area contributed by atoms with E-state index in [0.29, 0.717) is 37.6 Å². The third-order valence-corrected chi connectivity index (χ3v) is 5.43. The monoisotopic (exact) mass is 440 g/mol. The number of ether oxygens (including phenoxy) is 2. The van der Waals surface area contributed by atoms with E-state index < -0.39 is 0 Å². The van der Waals surface area contributed by atoms with E-state index in [-0.39, 0.29) is 30.5 Å². The van der Waals surface area contributed by atoms with E-state index in [2.05, 4.69) is 29.4 Å². The Kier molecular flexibility index (Phi) is 8.21. The summed E-state index contributed by atoms with van der Waals surface area (Å²) in [5, 5.41) is 5.83. The number of hydrogen-bond acceptors (Lipinski definition) is 6. The van der Waals surface area contributed by atoms with E-state index >= 15 is 0 Å². The van der Waals surface area contributed by atoms with Crippen molar-refractivity contribution in [1.82, 2.24) is 5.32 Å². The summed E-state index contributed by atoms with van der Waals surface area (Å²) in [5.74, 6) is -0.501. The van der Waals surface area contributed by atoms with Crippen molar-refractivity contribution < 1.29 is 19.1 Å². The first kappa shape index (κ1) is 23.7. The zero-order chi connectivity index (χ0) is 23.1. The molecular formula is C24H32N4O4. The van der Waals surface area contributed by atoms with Gasteiger partial charge in [-0.25, -0.2) is 0 Å². The first-order chi connectivity index (χ1) is 15.4. The maximum Gasteiger partial charge on any atom is 0.251 e. The standard InChI is InChI=1S/C24H32N4O4/c1-16-13-32-14-17(2)28(16)22-8-7-20(10-21(22)27-23(29)15-31-3)24(30)26-12-19-6-4-5-18(9-19)11-25/h4-10,16-17H,11-15,25H2,1-3H3,(H,26,30)(H,27,29). The van der Waals surface area contributed by atoms with Crippen LogP contribution in [0.15, 0.2) is 42.5 Å². The predicted molar refractivity (Wildman–Crippen MR) is 125 cm³/mol. The number of benzene rings is 2. The van der Waals surface area contributed by atoms with Crippen LogP contribution in [0.1, 0.15) is 35.3 Å². The van der Waals surface area contributed by atoms with Crippen molar-refractivity contribution in [2.45, 2.75) is 39.0 Å². The zero-order valence-corrected chi connectivity index (χ0v) is 18.9. The Morgan fingerprint density at radius 3 is 2.53 bits per heavy atom. The third-order valence-electron chi connectivity index (χ3n) is 5.43. The second kappa shape index (κ2) is 11.1. The summed E-state index contributed by atoms with van der Waals surface area (Å²) in [6, 6.07) is 13.4. The molecule has 2 aromatic rings. The van der Waals surface area contributed by atoms with Crippen LogP contribution in [-0.2, 0) is 27.4 Å². The van der Waals surface area contributed by atoms with Gasteiger partial charge in [0.2, 0.25) is 5.91 Å². The molecule has 0 radical (unpaired) electrons. The number of carbonyl (C=O) groups is 2. The first-order valence-electron chi connectivity index (χ1n) is 10.8. The molecule has 8 heteroatoms. The van der Waals surface area contributed by atoms with Crippen molar-refractivity contribution in [1.29, 1.82) is 0 Å². The van der Waals surface area contributed by atoms with Crippen molar-refractivity contribution in [3.8, 4) is 0 Å². The Morgan fingerprint density at radius 2 is 1.84 bits per heavy atom. The topological polar surface area (TPSA) is 106 Å². The van der Waals surface area contributed by atoms with E-state index in [1.807, 2.05) is 30.3 Å². The van der Waals surface area contributed by atoms with Crippen molar-refractivity contribution in [2.75, 3.05) is 37.1 Å². The number of methoxy groups -OCH3 is 1. The molecule has 3 rings (SSSR count). The van der Waals surface area contributed by atoms with Crippen LogP contribution in [0.5, 0.6) is 0 Å². The highest BCUT2D eigenvalue weighted by atomic mass is 16.5. The van der Waals surface area contributed by atoms with Gasteiger partial charge in [0.25, 0.3) is 5.91 Å². The Hall–Kier alpha value is -2.94. The number of rotatable bonds is 8. The molecule has 1 fully saturated rings. The Labute approximate surface area is 189 Å². The number of carbonyl (C=O) groups excluding carboxylic acids is 2. The number of amides is 2. The van der Waals surface area contributed by atoms with Gasteiger partial charge in [0, 0.05) is 37.8 Å². The molecule has 1 heterocycles. The van der Waals surface area contributed by atoms with Crippen molar-refractivity contribution in [2.24, 2.45) is 5.73 Å². The van der Waals surface area contributed by atoms with Gasteiger partial charge >= 0.3 is 0 Å². The van der Waals surface area contributed by atoms with Crippen LogP contribution in [0, 0.1) is 0 Å². The molecule has 1 aliphatic rings. The van der Waals surface area contributed by atoms with Gasteiger partial charge < -0.3 is 30.7 Å². The molecule has 172 valence electrons. The molecule has 4 N–H and O–H groups in total. The molecule has 0 bridgehead atoms. The van der Waals surface area contributed by atoms with Crippen LogP contribution in [0.2, 0.25) is 0 Å². The van der Waals surface area contributed by atoms with Crippen molar-refractivity contribution in [3.05, 3.63) is 59.2 Å². The zero-order valence-electron chi connectivity index (χ0n) is 18.9. The summed E-state index contributed by atoms with van der Waals surface area (Å²) in [6.45, 7) is 6.11. The van der Waals surface area contributed by atoms with Crippen LogP contribution in [0.4, 0.5) is 11.4 Å². The fourth-order valence-corrected chi connectivity index (χ4v) is 3.95. The molecule has 0 aromatic heterocycles. The minimum absolute atomic E-state index is 0.0679. The molecule has 8 nitrogen and oxygen atoms in total. The van der Waals surface area contributed by atoms with Crippen LogP contribution in [0.25, 0.3) is 0 Å². The number of nitrogens with two attached hydrogens (primary N) is 1. The maximum absolute atomic E-state index is 12.8. The Balaban J connectivity index is 1.83. The fourth-order valence-electron chi connectivity index (χ4n) is 3.95. The molecule has 2 aromatic carbocycles. The second-order valence-corrected chi connectivity index (χ2v) is 8.06. The number of anilines is 2. The molecule has 0 aliphatic carbocycles. The molecule has 2 unspecified atom stereocenters. The summed E-state index contributed by atoms with van der Waals surface area (Å²) in [5.41, 5.74) is 9.57. The van der Waals surface area contributed by atoms with E-state index in [0.717, 1.165) is 16.8 Å².